The van der Waals surface area contributed by atoms with Crippen LogP contribution >= 0.6 is 0 Å². The minimum Gasteiger partial charge on any atom is -0.398 e. The van der Waals surface area contributed by atoms with Gasteiger partial charge in [-0.25, -0.2) is 9.97 Å². The highest BCUT2D eigenvalue weighted by molar-refractivity contribution is 6.31. The predicted molar refractivity (Wildman–Crippen MR) is 123 cm³/mol. The maximum atomic E-state index is 13.3. The molecule has 0 bridgehead atoms. The Morgan fingerprint density at radius 3 is 2.16 bits per heavy atom. The van der Waals surface area contributed by atoms with Crippen molar-refractivity contribution in [1.29, 1.82) is 0 Å². The number of nitrogens with two attached hydrogens (primary N) is 1. The highest BCUT2D eigenvalue weighted by atomic mass is 16.3. The second-order valence-electron chi connectivity index (χ2n) is 7.92. The Hall–Kier alpha value is -4.16. The van der Waals surface area contributed by atoms with Crippen LogP contribution in [0.25, 0.3) is 32.8 Å². The minimum atomic E-state index is -0.215. The van der Waals surface area contributed by atoms with Gasteiger partial charge in [-0.05, 0) is 36.2 Å². The van der Waals surface area contributed by atoms with E-state index in [9.17, 15) is 14.7 Å². The molecule has 0 aliphatic heterocycles. The summed E-state index contributed by atoms with van der Waals surface area (Å²) < 4.78 is 0. The number of nitrogen functional groups attached to an aromatic ring is 1. The standard InChI is InChI=1S/C26H17N3O3/c27-22-13(11-12-30)5-6-15-14(22)7-9-19-23(15)28-20-10-8-18-21(24(20)29-19)26(32)17-4-2-1-3-16(17)25(18)31/h1-10,30H,11-12,27H2. The normalized spacial score (nSPS) is 13.0. The first-order valence-electron chi connectivity index (χ1n) is 10.3. The van der Waals surface area contributed by atoms with Crippen LogP contribution in [-0.2, 0) is 6.42 Å². The van der Waals surface area contributed by atoms with Crippen molar-refractivity contribution in [2.75, 3.05) is 12.3 Å². The van der Waals surface area contributed by atoms with Gasteiger partial charge >= 0.3 is 0 Å². The molecule has 0 atom stereocenters. The predicted octanol–water partition coefficient (Wildman–Crippen LogP) is 3.83. The van der Waals surface area contributed by atoms with Crippen molar-refractivity contribution in [3.05, 3.63) is 88.5 Å². The fraction of sp³-hybridized carbons (Fsp3) is 0.0769. The number of hydrogen-bond donors (Lipinski definition) is 2. The van der Waals surface area contributed by atoms with E-state index >= 15 is 0 Å². The molecule has 0 saturated carbocycles. The molecule has 0 spiro atoms. The third kappa shape index (κ3) is 2.44. The third-order valence-electron chi connectivity index (χ3n) is 6.17. The van der Waals surface area contributed by atoms with E-state index in [1.165, 1.54) is 0 Å². The van der Waals surface area contributed by atoms with Gasteiger partial charge in [-0.1, -0.05) is 36.4 Å². The van der Waals surface area contributed by atoms with Gasteiger partial charge in [0.25, 0.3) is 0 Å². The largest absolute Gasteiger partial charge is 0.398 e. The summed E-state index contributed by atoms with van der Waals surface area (Å²) in [5, 5.41) is 11.0. The summed E-state index contributed by atoms with van der Waals surface area (Å²) >= 11 is 0. The number of fused-ring (bicyclic) bond motifs is 7. The number of aromatic nitrogens is 2. The van der Waals surface area contributed by atoms with Gasteiger partial charge in [0.2, 0.25) is 0 Å². The molecule has 4 aromatic carbocycles. The Labute approximate surface area is 182 Å². The van der Waals surface area contributed by atoms with Crippen molar-refractivity contribution < 1.29 is 14.7 Å². The van der Waals surface area contributed by atoms with Crippen LogP contribution in [0.2, 0.25) is 0 Å². The molecule has 0 amide bonds. The second-order valence-corrected chi connectivity index (χ2v) is 7.92. The molecule has 6 heteroatoms. The number of benzene rings is 4. The summed E-state index contributed by atoms with van der Waals surface area (Å²) in [4.78, 5) is 35.9. The lowest BCUT2D eigenvalue weighted by Crippen LogP contribution is -2.21. The summed E-state index contributed by atoms with van der Waals surface area (Å²) in [5.41, 5.74) is 11.6. The van der Waals surface area contributed by atoms with E-state index in [0.717, 1.165) is 16.3 Å². The van der Waals surface area contributed by atoms with E-state index < -0.39 is 0 Å². The lowest BCUT2D eigenvalue weighted by molar-refractivity contribution is 0.0980. The summed E-state index contributed by atoms with van der Waals surface area (Å²) in [7, 11) is 0. The number of ketones is 2. The second kappa shape index (κ2) is 6.67. The lowest BCUT2D eigenvalue weighted by Gasteiger charge is -2.18. The van der Waals surface area contributed by atoms with Gasteiger partial charge in [-0.3, -0.25) is 9.59 Å². The fourth-order valence-electron chi connectivity index (χ4n) is 4.60. The van der Waals surface area contributed by atoms with Crippen LogP contribution in [0.3, 0.4) is 0 Å². The first-order valence-corrected chi connectivity index (χ1v) is 10.3. The molecule has 0 saturated heterocycles. The molecule has 0 fully saturated rings. The molecular weight excluding hydrogens is 402 g/mol. The Balaban J connectivity index is 1.65. The SMILES string of the molecule is Nc1c(CCO)ccc2c1ccc1nc3c4c(ccc3nc12)C(=O)c1ccccc1C4=O. The molecule has 154 valence electrons. The molecule has 0 unspecified atom stereocenters. The Kier molecular flexibility index (Phi) is 3.88. The van der Waals surface area contributed by atoms with Gasteiger partial charge in [0, 0.05) is 39.8 Å². The summed E-state index contributed by atoms with van der Waals surface area (Å²) in [6.45, 7) is 0.0225. The van der Waals surface area contributed by atoms with E-state index in [0.29, 0.717) is 56.4 Å². The molecule has 5 aromatic rings. The fourth-order valence-corrected chi connectivity index (χ4v) is 4.60. The van der Waals surface area contributed by atoms with E-state index in [2.05, 4.69) is 0 Å². The van der Waals surface area contributed by atoms with Crippen LogP contribution in [0.1, 0.15) is 37.4 Å². The summed E-state index contributed by atoms with van der Waals surface area (Å²) in [5.74, 6) is -0.394. The van der Waals surface area contributed by atoms with Crippen LogP contribution in [0, 0.1) is 0 Å². The Morgan fingerprint density at radius 2 is 1.38 bits per heavy atom. The highest BCUT2D eigenvalue weighted by Crippen LogP contribution is 2.34. The summed E-state index contributed by atoms with van der Waals surface area (Å²) in [6.07, 6.45) is 0.479. The van der Waals surface area contributed by atoms with Crippen LogP contribution in [0.15, 0.2) is 60.7 Å². The number of aliphatic hydroxyl groups is 1. The molecular formula is C26H17N3O3. The minimum absolute atomic E-state index is 0.0225. The number of carbonyl (C=O) groups excluding carboxylic acids is 2. The molecule has 1 aliphatic carbocycles. The smallest absolute Gasteiger partial charge is 0.196 e. The van der Waals surface area contributed by atoms with Crippen LogP contribution < -0.4 is 5.73 Å². The number of anilines is 1. The quantitative estimate of drug-likeness (QED) is 0.251. The van der Waals surface area contributed by atoms with Crippen molar-refractivity contribution in [2.24, 2.45) is 0 Å². The third-order valence-corrected chi connectivity index (χ3v) is 6.17. The monoisotopic (exact) mass is 419 g/mol. The first-order chi connectivity index (χ1) is 15.6. The molecule has 0 radical (unpaired) electrons. The molecule has 6 nitrogen and oxygen atoms in total. The van der Waals surface area contributed by atoms with Crippen molar-refractivity contribution >= 4 is 50.1 Å². The van der Waals surface area contributed by atoms with Crippen molar-refractivity contribution in [3.8, 4) is 0 Å². The highest BCUT2D eigenvalue weighted by Gasteiger charge is 2.31. The van der Waals surface area contributed by atoms with Crippen molar-refractivity contribution in [3.63, 3.8) is 0 Å². The number of hydrogen-bond acceptors (Lipinski definition) is 6. The van der Waals surface area contributed by atoms with Crippen LogP contribution in [-0.4, -0.2) is 33.2 Å². The molecule has 3 N–H and O–H groups in total. The molecule has 6 rings (SSSR count). The van der Waals surface area contributed by atoms with Gasteiger partial charge < -0.3 is 10.8 Å². The van der Waals surface area contributed by atoms with Gasteiger partial charge in [0.15, 0.2) is 11.6 Å². The van der Waals surface area contributed by atoms with E-state index in [1.54, 1.807) is 36.4 Å². The first kappa shape index (κ1) is 18.6. The van der Waals surface area contributed by atoms with Crippen molar-refractivity contribution in [1.82, 2.24) is 9.97 Å². The van der Waals surface area contributed by atoms with Gasteiger partial charge in [0.05, 0.1) is 22.1 Å². The number of rotatable bonds is 2. The van der Waals surface area contributed by atoms with Crippen molar-refractivity contribution in [2.45, 2.75) is 6.42 Å². The van der Waals surface area contributed by atoms with E-state index in [1.807, 2.05) is 24.3 Å². The maximum Gasteiger partial charge on any atom is 0.196 e. The maximum absolute atomic E-state index is 13.3. The van der Waals surface area contributed by atoms with E-state index in [4.69, 9.17) is 15.7 Å². The number of carbonyl (C=O) groups is 2. The molecule has 1 aliphatic rings. The lowest BCUT2D eigenvalue weighted by atomic mass is 9.83. The van der Waals surface area contributed by atoms with Gasteiger partial charge in [-0.2, -0.15) is 0 Å². The molecule has 1 aromatic heterocycles. The van der Waals surface area contributed by atoms with Crippen LogP contribution in [0.5, 0.6) is 0 Å². The van der Waals surface area contributed by atoms with Crippen LogP contribution in [0.4, 0.5) is 5.69 Å². The summed E-state index contributed by atoms with van der Waals surface area (Å²) in [6, 6.07) is 17.8. The topological polar surface area (TPSA) is 106 Å². The average molecular weight is 419 g/mol. The zero-order valence-corrected chi connectivity index (χ0v) is 16.9. The molecule has 32 heavy (non-hydrogen) atoms. The number of aliphatic hydroxyl groups excluding tert-OH is 1. The zero-order chi connectivity index (χ0) is 22.0. The number of nitrogens with zero attached hydrogens (tertiary/aromatic N) is 2. The van der Waals surface area contributed by atoms with Gasteiger partial charge in [0.1, 0.15) is 5.52 Å². The Morgan fingerprint density at radius 1 is 0.719 bits per heavy atom. The van der Waals surface area contributed by atoms with Gasteiger partial charge in [-0.15, -0.1) is 0 Å². The molecule has 1 heterocycles. The average Bonchev–Trinajstić information content (AvgIpc) is 2.82. The zero-order valence-electron chi connectivity index (χ0n) is 16.9. The Bertz CT molecular complexity index is 1640. The van der Waals surface area contributed by atoms with E-state index in [-0.39, 0.29) is 18.2 Å².